The van der Waals surface area contributed by atoms with Crippen molar-refractivity contribution >= 4 is 23.0 Å². The van der Waals surface area contributed by atoms with Gasteiger partial charge < -0.3 is 15.8 Å². The average Bonchev–Trinajstić information content (AvgIpc) is 2.44. The van der Waals surface area contributed by atoms with Crippen LogP contribution in [0.3, 0.4) is 0 Å². The van der Waals surface area contributed by atoms with Crippen LogP contribution in [-0.4, -0.2) is 12.6 Å². The molecule has 0 fully saturated rings. The van der Waals surface area contributed by atoms with E-state index in [0.717, 1.165) is 29.4 Å². The zero-order chi connectivity index (χ0) is 15.2. The molecule has 0 amide bonds. The van der Waals surface area contributed by atoms with Crippen molar-refractivity contribution in [3.05, 3.63) is 53.1 Å². The summed E-state index contributed by atoms with van der Waals surface area (Å²) < 4.78 is 5.68. The predicted molar refractivity (Wildman–Crippen MR) is 90.3 cm³/mol. The fourth-order valence-electron chi connectivity index (χ4n) is 2.00. The highest BCUT2D eigenvalue weighted by Crippen LogP contribution is 2.26. The summed E-state index contributed by atoms with van der Waals surface area (Å²) >= 11 is 5.87. The number of rotatable bonds is 6. The molecule has 3 nitrogen and oxygen atoms in total. The first-order valence-corrected chi connectivity index (χ1v) is 7.47. The van der Waals surface area contributed by atoms with E-state index in [1.807, 2.05) is 56.3 Å². The van der Waals surface area contributed by atoms with Crippen molar-refractivity contribution in [3.8, 4) is 5.75 Å². The largest absolute Gasteiger partial charge is 0.489 e. The molecule has 2 rings (SSSR count). The molecule has 0 atom stereocenters. The van der Waals surface area contributed by atoms with Crippen molar-refractivity contribution in [2.24, 2.45) is 0 Å². The second kappa shape index (κ2) is 7.23. The molecular formula is C17H21ClN2O. The molecule has 2 aromatic carbocycles. The Bertz CT molecular complexity index is 582. The number of halogens is 1. The van der Waals surface area contributed by atoms with Gasteiger partial charge in [0.05, 0.1) is 11.8 Å². The Morgan fingerprint density at radius 3 is 2.52 bits per heavy atom. The topological polar surface area (TPSA) is 47.3 Å². The minimum Gasteiger partial charge on any atom is -0.489 e. The number of nitrogens with two attached hydrogens (primary N) is 1. The minimum absolute atomic E-state index is 0.108. The maximum atomic E-state index is 5.91. The van der Waals surface area contributed by atoms with Crippen molar-refractivity contribution in [3.63, 3.8) is 0 Å². The van der Waals surface area contributed by atoms with Crippen LogP contribution in [-0.2, 0) is 6.42 Å². The second-order valence-electron chi connectivity index (χ2n) is 5.22. The fraction of sp³-hybridized carbons (Fsp3) is 0.294. The van der Waals surface area contributed by atoms with Crippen LogP contribution in [0.1, 0.15) is 19.4 Å². The average molecular weight is 305 g/mol. The maximum absolute atomic E-state index is 5.91. The van der Waals surface area contributed by atoms with Gasteiger partial charge >= 0.3 is 0 Å². The normalized spacial score (nSPS) is 10.7. The van der Waals surface area contributed by atoms with Crippen molar-refractivity contribution in [2.45, 2.75) is 26.4 Å². The number of ether oxygens (including phenoxy) is 1. The first-order valence-electron chi connectivity index (χ1n) is 7.09. The Hall–Kier alpha value is -1.87. The lowest BCUT2D eigenvalue weighted by Gasteiger charge is -2.14. The summed E-state index contributed by atoms with van der Waals surface area (Å²) in [7, 11) is 0. The molecule has 0 aliphatic rings. The van der Waals surface area contributed by atoms with E-state index >= 15 is 0 Å². The van der Waals surface area contributed by atoms with Gasteiger partial charge in [-0.25, -0.2) is 0 Å². The highest BCUT2D eigenvalue weighted by Gasteiger charge is 2.04. The van der Waals surface area contributed by atoms with Gasteiger partial charge in [-0.3, -0.25) is 0 Å². The number of anilines is 2. The molecule has 3 N–H and O–H groups in total. The zero-order valence-corrected chi connectivity index (χ0v) is 13.2. The van der Waals surface area contributed by atoms with Gasteiger partial charge in [0.2, 0.25) is 0 Å². The zero-order valence-electron chi connectivity index (χ0n) is 12.4. The lowest BCUT2D eigenvalue weighted by Crippen LogP contribution is -2.09. The van der Waals surface area contributed by atoms with Crippen molar-refractivity contribution in [1.29, 1.82) is 0 Å². The SMILES string of the molecule is CC(C)Oc1cc(NCCc2ccc(Cl)cc2)ccc1N. The molecule has 0 bridgehead atoms. The van der Waals surface area contributed by atoms with E-state index in [1.54, 1.807) is 0 Å². The van der Waals surface area contributed by atoms with Crippen molar-refractivity contribution in [2.75, 3.05) is 17.6 Å². The molecule has 0 saturated carbocycles. The number of benzene rings is 2. The van der Waals surface area contributed by atoms with Crippen molar-refractivity contribution in [1.82, 2.24) is 0 Å². The van der Waals surface area contributed by atoms with E-state index in [0.29, 0.717) is 5.69 Å². The molecule has 0 saturated heterocycles. The first kappa shape index (κ1) is 15.5. The Labute approximate surface area is 131 Å². The van der Waals surface area contributed by atoms with Crippen LogP contribution in [0.4, 0.5) is 11.4 Å². The lowest BCUT2D eigenvalue weighted by molar-refractivity contribution is 0.244. The summed E-state index contributed by atoms with van der Waals surface area (Å²) in [5.74, 6) is 0.724. The third-order valence-corrected chi connectivity index (χ3v) is 3.28. The number of nitrogen functional groups attached to an aromatic ring is 1. The Kier molecular flexibility index (Phi) is 5.34. The van der Waals surface area contributed by atoms with Gasteiger partial charge in [0.1, 0.15) is 5.75 Å². The number of nitrogens with one attached hydrogen (secondary N) is 1. The smallest absolute Gasteiger partial charge is 0.144 e. The Balaban J connectivity index is 1.92. The van der Waals surface area contributed by atoms with Crippen molar-refractivity contribution < 1.29 is 4.74 Å². The van der Waals surface area contributed by atoms with Crippen LogP contribution in [0, 0.1) is 0 Å². The van der Waals surface area contributed by atoms with Crippen LogP contribution in [0.5, 0.6) is 5.75 Å². The van der Waals surface area contributed by atoms with Crippen LogP contribution in [0.15, 0.2) is 42.5 Å². The molecule has 0 aliphatic heterocycles. The molecule has 0 heterocycles. The van der Waals surface area contributed by atoms with Crippen LogP contribution < -0.4 is 15.8 Å². The minimum atomic E-state index is 0.108. The van der Waals surface area contributed by atoms with E-state index in [1.165, 1.54) is 5.56 Å². The van der Waals surface area contributed by atoms with E-state index in [-0.39, 0.29) is 6.10 Å². The highest BCUT2D eigenvalue weighted by atomic mass is 35.5. The molecule has 0 radical (unpaired) electrons. The monoisotopic (exact) mass is 304 g/mol. The van der Waals surface area contributed by atoms with Gasteiger partial charge in [0.25, 0.3) is 0 Å². The summed E-state index contributed by atoms with van der Waals surface area (Å²) in [4.78, 5) is 0. The Morgan fingerprint density at radius 2 is 1.86 bits per heavy atom. The van der Waals surface area contributed by atoms with E-state index in [4.69, 9.17) is 22.1 Å². The summed E-state index contributed by atoms with van der Waals surface area (Å²) in [6, 6.07) is 13.7. The molecule has 4 heteroatoms. The second-order valence-corrected chi connectivity index (χ2v) is 5.66. The van der Waals surface area contributed by atoms with Gasteiger partial charge in [0.15, 0.2) is 0 Å². The third-order valence-electron chi connectivity index (χ3n) is 3.03. The van der Waals surface area contributed by atoms with Crippen LogP contribution >= 0.6 is 11.6 Å². The molecule has 0 aliphatic carbocycles. The molecule has 2 aromatic rings. The van der Waals surface area contributed by atoms with Gasteiger partial charge in [-0.2, -0.15) is 0 Å². The Morgan fingerprint density at radius 1 is 1.14 bits per heavy atom. The van der Waals surface area contributed by atoms with Gasteiger partial charge in [-0.05, 0) is 50.1 Å². The van der Waals surface area contributed by atoms with Crippen LogP contribution in [0.2, 0.25) is 5.02 Å². The molecule has 21 heavy (non-hydrogen) atoms. The third kappa shape index (κ3) is 4.87. The number of hydrogen-bond donors (Lipinski definition) is 2. The number of hydrogen-bond acceptors (Lipinski definition) is 3. The molecular weight excluding hydrogens is 284 g/mol. The lowest BCUT2D eigenvalue weighted by atomic mass is 10.1. The van der Waals surface area contributed by atoms with Gasteiger partial charge in [-0.1, -0.05) is 23.7 Å². The standard InChI is InChI=1S/C17H21ClN2O/c1-12(2)21-17-11-15(7-8-16(17)19)20-10-9-13-3-5-14(18)6-4-13/h3-8,11-12,20H,9-10,19H2,1-2H3. The summed E-state index contributed by atoms with van der Waals surface area (Å²) in [5.41, 5.74) is 8.82. The predicted octanol–water partition coefficient (Wildman–Crippen LogP) is 4.36. The summed E-state index contributed by atoms with van der Waals surface area (Å²) in [5, 5.41) is 4.14. The quantitative estimate of drug-likeness (QED) is 0.779. The van der Waals surface area contributed by atoms with Gasteiger partial charge in [0, 0.05) is 23.3 Å². The van der Waals surface area contributed by atoms with Gasteiger partial charge in [-0.15, -0.1) is 0 Å². The summed E-state index contributed by atoms with van der Waals surface area (Å²) in [6.45, 7) is 4.81. The van der Waals surface area contributed by atoms with E-state index < -0.39 is 0 Å². The van der Waals surface area contributed by atoms with Crippen LogP contribution in [0.25, 0.3) is 0 Å². The summed E-state index contributed by atoms with van der Waals surface area (Å²) in [6.07, 6.45) is 1.04. The fourth-order valence-corrected chi connectivity index (χ4v) is 2.13. The molecule has 0 aromatic heterocycles. The van der Waals surface area contributed by atoms with E-state index in [9.17, 15) is 0 Å². The molecule has 0 spiro atoms. The molecule has 112 valence electrons. The highest BCUT2D eigenvalue weighted by molar-refractivity contribution is 6.30. The molecule has 0 unspecified atom stereocenters. The first-order chi connectivity index (χ1) is 10.0. The maximum Gasteiger partial charge on any atom is 0.144 e. The van der Waals surface area contributed by atoms with E-state index in [2.05, 4.69) is 5.32 Å².